The number of sulfonamides is 1. The molecule has 8 heteroatoms. The van der Waals surface area contributed by atoms with Gasteiger partial charge in [-0.25, -0.2) is 8.42 Å². The van der Waals surface area contributed by atoms with Crippen LogP contribution >= 0.6 is 0 Å². The maximum atomic E-state index is 12.5. The fourth-order valence-corrected chi connectivity index (χ4v) is 3.20. The fraction of sp³-hybridized carbons (Fsp3) is 0.200. The zero-order valence-corrected chi connectivity index (χ0v) is 13.5. The summed E-state index contributed by atoms with van der Waals surface area (Å²) in [4.78, 5) is 10.4. The zero-order valence-electron chi connectivity index (χ0n) is 12.7. The molecule has 2 rings (SSSR count). The van der Waals surface area contributed by atoms with Gasteiger partial charge in [0.05, 0.1) is 16.9 Å². The predicted molar refractivity (Wildman–Crippen MR) is 84.7 cm³/mol. The van der Waals surface area contributed by atoms with Gasteiger partial charge in [0.15, 0.2) is 0 Å². The molecule has 0 amide bonds. The molecule has 0 bridgehead atoms. The molecule has 0 heterocycles. The van der Waals surface area contributed by atoms with E-state index in [0.29, 0.717) is 11.3 Å². The van der Waals surface area contributed by atoms with Gasteiger partial charge < -0.3 is 4.74 Å². The van der Waals surface area contributed by atoms with Crippen LogP contribution in [0.3, 0.4) is 0 Å². The standard InChI is InChI=1S/C15H16N2O5S/c1-16(11-12-4-3-5-13(10-12)17(18)19)23(20,21)15-8-6-14(22-2)7-9-15/h3-10H,11H2,1-2H3. The van der Waals surface area contributed by atoms with Crippen LogP contribution in [0, 0.1) is 10.1 Å². The van der Waals surface area contributed by atoms with Crippen molar-refractivity contribution >= 4 is 15.7 Å². The minimum atomic E-state index is -3.69. The lowest BCUT2D eigenvalue weighted by Gasteiger charge is -2.17. The number of methoxy groups -OCH3 is 1. The minimum Gasteiger partial charge on any atom is -0.497 e. The van der Waals surface area contributed by atoms with Gasteiger partial charge in [-0.1, -0.05) is 12.1 Å². The van der Waals surface area contributed by atoms with Crippen LogP contribution in [0.2, 0.25) is 0 Å². The summed E-state index contributed by atoms with van der Waals surface area (Å²) in [5, 5.41) is 10.8. The van der Waals surface area contributed by atoms with Crippen LogP contribution in [0.5, 0.6) is 5.75 Å². The Morgan fingerprint density at radius 2 is 1.83 bits per heavy atom. The number of nitrogens with zero attached hydrogens (tertiary/aromatic N) is 2. The second-order valence-corrected chi connectivity index (χ2v) is 6.91. The smallest absolute Gasteiger partial charge is 0.269 e. The van der Waals surface area contributed by atoms with Gasteiger partial charge in [0, 0.05) is 25.7 Å². The van der Waals surface area contributed by atoms with Crippen LogP contribution in [0.4, 0.5) is 5.69 Å². The summed E-state index contributed by atoms with van der Waals surface area (Å²) < 4.78 is 31.2. The average molecular weight is 336 g/mol. The van der Waals surface area contributed by atoms with E-state index in [-0.39, 0.29) is 17.1 Å². The molecule has 7 nitrogen and oxygen atoms in total. The second-order valence-electron chi connectivity index (χ2n) is 4.86. The SMILES string of the molecule is COc1ccc(S(=O)(=O)N(C)Cc2cccc([N+](=O)[O-])c2)cc1. The molecule has 0 atom stereocenters. The Bertz CT molecular complexity index is 803. The molecule has 0 aliphatic rings. The highest BCUT2D eigenvalue weighted by molar-refractivity contribution is 7.89. The third kappa shape index (κ3) is 3.85. The third-order valence-electron chi connectivity index (χ3n) is 3.29. The quantitative estimate of drug-likeness (QED) is 0.597. The van der Waals surface area contributed by atoms with E-state index >= 15 is 0 Å². The predicted octanol–water partition coefficient (Wildman–Crippen LogP) is 2.42. The van der Waals surface area contributed by atoms with Crippen LogP contribution in [-0.2, 0) is 16.6 Å². The fourth-order valence-electron chi connectivity index (χ4n) is 2.04. The number of hydrogen-bond donors (Lipinski definition) is 0. The first-order chi connectivity index (χ1) is 10.8. The number of rotatable bonds is 6. The van der Waals surface area contributed by atoms with Gasteiger partial charge in [-0.15, -0.1) is 0 Å². The lowest BCUT2D eigenvalue weighted by molar-refractivity contribution is -0.384. The highest BCUT2D eigenvalue weighted by atomic mass is 32.2. The molecule has 2 aromatic carbocycles. The lowest BCUT2D eigenvalue weighted by atomic mass is 10.2. The molecule has 0 aliphatic heterocycles. The maximum absolute atomic E-state index is 12.5. The summed E-state index contributed by atoms with van der Waals surface area (Å²) in [5.41, 5.74) is 0.469. The number of benzene rings is 2. The molecule has 122 valence electrons. The average Bonchev–Trinajstić information content (AvgIpc) is 2.55. The van der Waals surface area contributed by atoms with Crippen LogP contribution in [0.25, 0.3) is 0 Å². The van der Waals surface area contributed by atoms with Gasteiger partial charge in [0.1, 0.15) is 5.75 Å². The van der Waals surface area contributed by atoms with Gasteiger partial charge in [0.25, 0.3) is 5.69 Å². The van der Waals surface area contributed by atoms with Crippen molar-refractivity contribution in [1.29, 1.82) is 0 Å². The summed E-state index contributed by atoms with van der Waals surface area (Å²) in [5.74, 6) is 0.560. The first-order valence-electron chi connectivity index (χ1n) is 6.68. The molecular weight excluding hydrogens is 320 g/mol. The molecule has 0 spiro atoms. The van der Waals surface area contributed by atoms with Crippen LogP contribution in [0.1, 0.15) is 5.56 Å². The van der Waals surface area contributed by atoms with Gasteiger partial charge in [-0.05, 0) is 29.8 Å². The number of nitro benzene ring substituents is 1. The third-order valence-corrected chi connectivity index (χ3v) is 5.11. The summed E-state index contributed by atoms with van der Waals surface area (Å²) >= 11 is 0. The van der Waals surface area contributed by atoms with Crippen molar-refractivity contribution < 1.29 is 18.1 Å². The van der Waals surface area contributed by atoms with E-state index in [4.69, 9.17) is 4.74 Å². The van der Waals surface area contributed by atoms with Crippen molar-refractivity contribution in [3.63, 3.8) is 0 Å². The molecule has 23 heavy (non-hydrogen) atoms. The van der Waals surface area contributed by atoms with Crippen molar-refractivity contribution in [2.45, 2.75) is 11.4 Å². The Balaban J connectivity index is 2.22. The van der Waals surface area contributed by atoms with Crippen molar-refractivity contribution in [3.8, 4) is 5.75 Å². The summed E-state index contributed by atoms with van der Waals surface area (Å²) in [6.07, 6.45) is 0. The Morgan fingerprint density at radius 1 is 1.17 bits per heavy atom. The normalized spacial score (nSPS) is 11.4. The molecule has 0 radical (unpaired) electrons. The topological polar surface area (TPSA) is 89.8 Å². The van der Waals surface area contributed by atoms with Crippen molar-refractivity contribution in [2.75, 3.05) is 14.2 Å². The first kappa shape index (κ1) is 16.9. The Kier molecular flexibility index (Phi) is 4.97. The van der Waals surface area contributed by atoms with Crippen molar-refractivity contribution in [3.05, 3.63) is 64.2 Å². The van der Waals surface area contributed by atoms with E-state index in [0.717, 1.165) is 4.31 Å². The highest BCUT2D eigenvalue weighted by Gasteiger charge is 2.21. The van der Waals surface area contributed by atoms with Crippen LogP contribution < -0.4 is 4.74 Å². The van der Waals surface area contributed by atoms with Crippen LogP contribution in [0.15, 0.2) is 53.4 Å². The highest BCUT2D eigenvalue weighted by Crippen LogP contribution is 2.21. The maximum Gasteiger partial charge on any atom is 0.269 e. The number of ether oxygens (including phenoxy) is 1. The van der Waals surface area contributed by atoms with Gasteiger partial charge in [-0.3, -0.25) is 10.1 Å². The molecule has 0 saturated heterocycles. The Morgan fingerprint density at radius 3 is 2.39 bits per heavy atom. The van der Waals surface area contributed by atoms with Crippen molar-refractivity contribution in [2.24, 2.45) is 0 Å². The van der Waals surface area contributed by atoms with E-state index in [2.05, 4.69) is 0 Å². The Labute approximate surface area is 134 Å². The van der Waals surface area contributed by atoms with Crippen LogP contribution in [-0.4, -0.2) is 31.8 Å². The monoisotopic (exact) mass is 336 g/mol. The van der Waals surface area contributed by atoms with Gasteiger partial charge >= 0.3 is 0 Å². The number of hydrogen-bond acceptors (Lipinski definition) is 5. The van der Waals surface area contributed by atoms with Crippen molar-refractivity contribution in [1.82, 2.24) is 4.31 Å². The molecule has 0 saturated carbocycles. The van der Waals surface area contributed by atoms with E-state index in [1.165, 1.54) is 44.5 Å². The van der Waals surface area contributed by atoms with Gasteiger partial charge in [-0.2, -0.15) is 4.31 Å². The van der Waals surface area contributed by atoms with Gasteiger partial charge in [0.2, 0.25) is 10.0 Å². The summed E-state index contributed by atoms with van der Waals surface area (Å²) in [6, 6.07) is 11.9. The molecule has 0 fully saturated rings. The molecule has 2 aromatic rings. The number of non-ortho nitro benzene ring substituents is 1. The van der Waals surface area contributed by atoms with E-state index in [9.17, 15) is 18.5 Å². The molecule has 0 N–H and O–H groups in total. The number of nitro groups is 1. The lowest BCUT2D eigenvalue weighted by Crippen LogP contribution is -2.26. The summed E-state index contributed by atoms with van der Waals surface area (Å²) in [7, 11) is -0.760. The van der Waals surface area contributed by atoms with E-state index < -0.39 is 14.9 Å². The molecule has 0 aromatic heterocycles. The molecule has 0 unspecified atom stereocenters. The summed E-state index contributed by atoms with van der Waals surface area (Å²) in [6.45, 7) is 0.0377. The van der Waals surface area contributed by atoms with E-state index in [1.807, 2.05) is 0 Å². The molecule has 0 aliphatic carbocycles. The molecular formula is C15H16N2O5S. The largest absolute Gasteiger partial charge is 0.497 e. The second kappa shape index (κ2) is 6.76. The zero-order chi connectivity index (χ0) is 17.0. The Hall–Kier alpha value is -2.45. The minimum absolute atomic E-state index is 0.0377. The van der Waals surface area contributed by atoms with E-state index in [1.54, 1.807) is 18.2 Å². The first-order valence-corrected chi connectivity index (χ1v) is 8.12.